The second-order valence-electron chi connectivity index (χ2n) is 2.91. The van der Waals surface area contributed by atoms with E-state index < -0.39 is 5.97 Å². The van der Waals surface area contributed by atoms with Crippen LogP contribution in [-0.4, -0.2) is 47.8 Å². The van der Waals surface area contributed by atoms with E-state index in [1.54, 1.807) is 11.8 Å². The lowest BCUT2D eigenvalue weighted by Gasteiger charge is -2.28. The van der Waals surface area contributed by atoms with Crippen LogP contribution in [0.5, 0.6) is 0 Å². The Bertz CT molecular complexity index is 318. The fourth-order valence-electron chi connectivity index (χ4n) is 1.06. The molecule has 0 aliphatic carbocycles. The molecule has 1 saturated heterocycles. The van der Waals surface area contributed by atoms with Crippen molar-refractivity contribution in [1.29, 1.82) is 0 Å². The number of hydrogen-bond donors (Lipinski definition) is 4. The van der Waals surface area contributed by atoms with Crippen LogP contribution in [-0.2, 0) is 4.79 Å². The van der Waals surface area contributed by atoms with Crippen LogP contribution in [0.15, 0.2) is 9.98 Å². The van der Waals surface area contributed by atoms with Crippen molar-refractivity contribution in [3.63, 3.8) is 0 Å². The van der Waals surface area contributed by atoms with Crippen molar-refractivity contribution in [2.24, 2.45) is 9.98 Å². The highest BCUT2D eigenvalue weighted by Gasteiger charge is 2.18. The minimum atomic E-state index is -0.968. The summed E-state index contributed by atoms with van der Waals surface area (Å²) < 4.78 is 0. The number of carboxylic acid groups (broad SMARTS) is 1. The summed E-state index contributed by atoms with van der Waals surface area (Å²) in [6, 6.07) is 0. The van der Waals surface area contributed by atoms with Crippen LogP contribution >= 0.6 is 11.8 Å². The normalized spacial score (nSPS) is 24.8. The zero-order valence-corrected chi connectivity index (χ0v) is 9.97. The Kier molecular flexibility index (Phi) is 4.90. The van der Waals surface area contributed by atoms with Gasteiger partial charge in [0.05, 0.1) is 0 Å². The zero-order chi connectivity index (χ0) is 12.0. The molecule has 1 aliphatic heterocycles. The molecule has 0 saturated carbocycles. The summed E-state index contributed by atoms with van der Waals surface area (Å²) in [4.78, 5) is 18.4. The first kappa shape index (κ1) is 12.6. The van der Waals surface area contributed by atoms with Crippen molar-refractivity contribution < 1.29 is 9.90 Å². The number of aliphatic imine (C=N–C) groups is 2. The first-order chi connectivity index (χ1) is 7.65. The highest BCUT2D eigenvalue weighted by Crippen LogP contribution is 2.01. The summed E-state index contributed by atoms with van der Waals surface area (Å²) in [5.41, 5.74) is -0.0564. The van der Waals surface area contributed by atoms with E-state index in [0.29, 0.717) is 18.5 Å². The SMILES string of the molecule is CCN=C1NC(=NCC(=O)O)NC(SC)N1. The molecule has 1 rings (SSSR count). The molecule has 0 aromatic carbocycles. The van der Waals surface area contributed by atoms with Crippen LogP contribution < -0.4 is 16.0 Å². The molecule has 0 spiro atoms. The fraction of sp³-hybridized carbons (Fsp3) is 0.625. The van der Waals surface area contributed by atoms with E-state index in [1.807, 2.05) is 13.2 Å². The van der Waals surface area contributed by atoms with Gasteiger partial charge in [0.15, 0.2) is 5.96 Å². The molecule has 1 heterocycles. The van der Waals surface area contributed by atoms with Crippen molar-refractivity contribution >= 4 is 29.7 Å². The maximum Gasteiger partial charge on any atom is 0.325 e. The molecule has 0 amide bonds. The largest absolute Gasteiger partial charge is 0.480 e. The van der Waals surface area contributed by atoms with Crippen LogP contribution in [0, 0.1) is 0 Å². The lowest BCUT2D eigenvalue weighted by atomic mass is 10.6. The van der Waals surface area contributed by atoms with Crippen molar-refractivity contribution in [2.45, 2.75) is 12.4 Å². The van der Waals surface area contributed by atoms with E-state index in [4.69, 9.17) is 5.11 Å². The quantitative estimate of drug-likeness (QED) is 0.519. The first-order valence-electron chi connectivity index (χ1n) is 4.79. The molecule has 7 nitrogen and oxygen atoms in total. The average molecular weight is 245 g/mol. The van der Waals surface area contributed by atoms with Crippen molar-refractivity contribution in [2.75, 3.05) is 19.3 Å². The Labute approximate surface area is 97.8 Å². The molecule has 0 bridgehead atoms. The molecule has 16 heavy (non-hydrogen) atoms. The Balaban J connectivity index is 2.67. The van der Waals surface area contributed by atoms with Gasteiger partial charge in [-0.05, 0) is 13.2 Å². The standard InChI is InChI=1S/C8H15N5O2S/c1-3-9-6-11-7(10-4-5(14)15)13-8(12-6)16-2/h8H,3-4H2,1-2H3,(H,14,15)(H3,9,10,11,12,13). The molecule has 4 N–H and O–H groups in total. The van der Waals surface area contributed by atoms with Gasteiger partial charge in [-0.3, -0.25) is 15.1 Å². The van der Waals surface area contributed by atoms with Gasteiger partial charge in [0.25, 0.3) is 0 Å². The third-order valence-corrected chi connectivity index (χ3v) is 2.40. The lowest BCUT2D eigenvalue weighted by Crippen LogP contribution is -2.61. The van der Waals surface area contributed by atoms with E-state index in [2.05, 4.69) is 25.9 Å². The number of nitrogens with zero attached hydrogens (tertiary/aromatic N) is 2. The van der Waals surface area contributed by atoms with Crippen molar-refractivity contribution in [3.8, 4) is 0 Å². The van der Waals surface area contributed by atoms with E-state index in [0.717, 1.165) is 0 Å². The summed E-state index contributed by atoms with van der Waals surface area (Å²) in [7, 11) is 0. The molecule has 90 valence electrons. The fourth-order valence-corrected chi connectivity index (χ4v) is 1.52. The van der Waals surface area contributed by atoms with Gasteiger partial charge in [0.2, 0.25) is 5.96 Å². The second-order valence-corrected chi connectivity index (χ2v) is 3.85. The predicted octanol–water partition coefficient (Wildman–Crippen LogP) is -0.768. The second kappa shape index (κ2) is 6.21. The summed E-state index contributed by atoms with van der Waals surface area (Å²) in [6.07, 6.45) is 1.92. The Morgan fingerprint density at radius 2 is 2.06 bits per heavy atom. The van der Waals surface area contributed by atoms with E-state index in [1.165, 1.54) is 0 Å². The Morgan fingerprint density at radius 3 is 2.56 bits per heavy atom. The maximum atomic E-state index is 10.4. The first-order valence-corrected chi connectivity index (χ1v) is 6.08. The third-order valence-electron chi connectivity index (χ3n) is 1.70. The number of hydrogen-bond acceptors (Lipinski definition) is 4. The topological polar surface area (TPSA) is 98.1 Å². The minimum Gasteiger partial charge on any atom is -0.480 e. The average Bonchev–Trinajstić information content (AvgIpc) is 2.26. The van der Waals surface area contributed by atoms with Gasteiger partial charge in [-0.2, -0.15) is 0 Å². The summed E-state index contributed by atoms with van der Waals surface area (Å²) >= 11 is 1.54. The van der Waals surface area contributed by atoms with Gasteiger partial charge >= 0.3 is 5.97 Å². The molecular weight excluding hydrogens is 230 g/mol. The van der Waals surface area contributed by atoms with Gasteiger partial charge in [0.1, 0.15) is 12.0 Å². The number of rotatable bonds is 4. The highest BCUT2D eigenvalue weighted by molar-refractivity contribution is 7.99. The van der Waals surface area contributed by atoms with E-state index in [-0.39, 0.29) is 12.0 Å². The highest BCUT2D eigenvalue weighted by atomic mass is 32.2. The number of guanidine groups is 2. The Morgan fingerprint density at radius 1 is 1.44 bits per heavy atom. The molecule has 1 atom stereocenters. The predicted molar refractivity (Wildman–Crippen MR) is 64.6 cm³/mol. The molecule has 1 fully saturated rings. The molecule has 0 aromatic rings. The maximum absolute atomic E-state index is 10.4. The minimum absolute atomic E-state index is 0.0564. The van der Waals surface area contributed by atoms with Gasteiger partial charge in [0, 0.05) is 6.54 Å². The van der Waals surface area contributed by atoms with Crippen LogP contribution in [0.4, 0.5) is 0 Å². The Hall–Kier alpha value is -1.44. The van der Waals surface area contributed by atoms with Crippen LogP contribution in [0.25, 0.3) is 0 Å². The molecular formula is C8H15N5O2S. The van der Waals surface area contributed by atoms with Crippen molar-refractivity contribution in [3.05, 3.63) is 0 Å². The van der Waals surface area contributed by atoms with Gasteiger partial charge < -0.3 is 15.7 Å². The number of carbonyl (C=O) groups is 1. The molecule has 0 aromatic heterocycles. The monoisotopic (exact) mass is 245 g/mol. The van der Waals surface area contributed by atoms with E-state index >= 15 is 0 Å². The number of nitrogens with one attached hydrogen (secondary N) is 3. The third kappa shape index (κ3) is 3.97. The number of carboxylic acids is 1. The smallest absolute Gasteiger partial charge is 0.325 e. The van der Waals surface area contributed by atoms with Crippen LogP contribution in [0.3, 0.4) is 0 Å². The van der Waals surface area contributed by atoms with Crippen molar-refractivity contribution in [1.82, 2.24) is 16.0 Å². The summed E-state index contributed by atoms with van der Waals surface area (Å²) in [6.45, 7) is 2.29. The lowest BCUT2D eigenvalue weighted by molar-refractivity contribution is -0.135. The molecule has 0 radical (unpaired) electrons. The van der Waals surface area contributed by atoms with Gasteiger partial charge in [-0.1, -0.05) is 0 Å². The van der Waals surface area contributed by atoms with Gasteiger partial charge in [-0.25, -0.2) is 4.99 Å². The molecule has 8 heteroatoms. The number of thioether (sulfide) groups is 1. The van der Waals surface area contributed by atoms with Crippen LogP contribution in [0.1, 0.15) is 6.92 Å². The van der Waals surface area contributed by atoms with E-state index in [9.17, 15) is 4.79 Å². The molecule has 1 aliphatic rings. The van der Waals surface area contributed by atoms with Gasteiger partial charge in [-0.15, -0.1) is 11.8 Å². The van der Waals surface area contributed by atoms with Crippen LogP contribution in [0.2, 0.25) is 0 Å². The molecule has 1 unspecified atom stereocenters. The zero-order valence-electron chi connectivity index (χ0n) is 9.15. The number of aliphatic carboxylic acids is 1. The summed E-state index contributed by atoms with van der Waals surface area (Å²) in [5.74, 6) is 0.0572. The summed E-state index contributed by atoms with van der Waals surface area (Å²) in [5, 5.41) is 17.5.